The largest absolute Gasteiger partial charge is 0.493 e. The average Bonchev–Trinajstić information content (AvgIpc) is 2.76. The molecule has 7 heteroatoms. The van der Waals surface area contributed by atoms with Crippen LogP contribution in [0.15, 0.2) is 12.1 Å². The van der Waals surface area contributed by atoms with E-state index in [4.69, 9.17) is 20.9 Å². The quantitative estimate of drug-likeness (QED) is 0.748. The molecule has 0 saturated carbocycles. The van der Waals surface area contributed by atoms with E-state index in [0.717, 1.165) is 23.9 Å². The number of fused-ring (bicyclic) bond motifs is 1. The van der Waals surface area contributed by atoms with Crippen LogP contribution < -0.4 is 20.9 Å². The number of nitrogen functional groups attached to an aromatic ring is 1. The lowest BCUT2D eigenvalue weighted by Gasteiger charge is -2.09. The van der Waals surface area contributed by atoms with E-state index in [1.165, 1.54) is 0 Å². The van der Waals surface area contributed by atoms with E-state index in [1.807, 2.05) is 10.6 Å². The number of unbranched alkanes of at least 4 members (excludes halogenated alkanes) is 1. The molecule has 0 aliphatic heterocycles. The van der Waals surface area contributed by atoms with Crippen molar-refractivity contribution in [3.63, 3.8) is 0 Å². The minimum atomic E-state index is -0.287. The highest BCUT2D eigenvalue weighted by Crippen LogP contribution is 2.33. The Morgan fingerprint density at radius 3 is 2.52 bits per heavy atom. The standard InChI is InChI=1S/C14H20N4O3/c1-20-11-7-9-10(8-12(11)21-2)18(14(16)17-9)6-4-3-5-13(15)19/h7-8H,3-6H2,1-2H3,(H2,15,19)(H2,16,17). The van der Waals surface area contributed by atoms with E-state index in [-0.39, 0.29) is 5.91 Å². The van der Waals surface area contributed by atoms with Gasteiger partial charge in [-0.05, 0) is 12.8 Å². The summed E-state index contributed by atoms with van der Waals surface area (Å²) in [6, 6.07) is 3.65. The molecule has 0 spiro atoms. The second-order valence-corrected chi connectivity index (χ2v) is 4.74. The number of aromatic nitrogens is 2. The number of hydrogen-bond acceptors (Lipinski definition) is 5. The van der Waals surface area contributed by atoms with Crippen LogP contribution in [0.4, 0.5) is 5.95 Å². The lowest BCUT2D eigenvalue weighted by molar-refractivity contribution is -0.118. The zero-order chi connectivity index (χ0) is 15.4. The first-order valence-electron chi connectivity index (χ1n) is 6.73. The Kier molecular flexibility index (Phi) is 4.52. The molecule has 1 aromatic carbocycles. The van der Waals surface area contributed by atoms with Crippen molar-refractivity contribution in [3.8, 4) is 11.5 Å². The van der Waals surface area contributed by atoms with Gasteiger partial charge in [0, 0.05) is 25.1 Å². The molecule has 2 aromatic rings. The molecule has 0 aliphatic rings. The lowest BCUT2D eigenvalue weighted by atomic mass is 10.2. The van der Waals surface area contributed by atoms with Crippen molar-refractivity contribution < 1.29 is 14.3 Å². The zero-order valence-electron chi connectivity index (χ0n) is 12.3. The number of methoxy groups -OCH3 is 2. The number of rotatable bonds is 7. The molecule has 0 saturated heterocycles. The van der Waals surface area contributed by atoms with Crippen LogP contribution in [-0.2, 0) is 11.3 Å². The molecule has 0 unspecified atom stereocenters. The molecule has 1 heterocycles. The summed E-state index contributed by atoms with van der Waals surface area (Å²) in [4.78, 5) is 15.1. The van der Waals surface area contributed by atoms with Crippen molar-refractivity contribution in [2.45, 2.75) is 25.8 Å². The van der Waals surface area contributed by atoms with Gasteiger partial charge >= 0.3 is 0 Å². The highest BCUT2D eigenvalue weighted by molar-refractivity contribution is 5.82. The number of imidazole rings is 1. The van der Waals surface area contributed by atoms with Gasteiger partial charge in [0.15, 0.2) is 11.5 Å². The Morgan fingerprint density at radius 2 is 1.90 bits per heavy atom. The summed E-state index contributed by atoms with van der Waals surface area (Å²) in [6.07, 6.45) is 1.90. The molecular formula is C14H20N4O3. The maximum absolute atomic E-state index is 10.7. The van der Waals surface area contributed by atoms with Gasteiger partial charge in [0.1, 0.15) is 0 Å². The van der Waals surface area contributed by atoms with Crippen LogP contribution in [0.5, 0.6) is 11.5 Å². The van der Waals surface area contributed by atoms with Gasteiger partial charge in [0.05, 0.1) is 25.3 Å². The van der Waals surface area contributed by atoms with Crippen LogP contribution in [0.1, 0.15) is 19.3 Å². The Hall–Kier alpha value is -2.44. The number of anilines is 1. The molecule has 21 heavy (non-hydrogen) atoms. The van der Waals surface area contributed by atoms with Crippen LogP contribution in [0.3, 0.4) is 0 Å². The smallest absolute Gasteiger partial charge is 0.217 e. The molecule has 7 nitrogen and oxygen atoms in total. The Balaban J connectivity index is 2.26. The maximum atomic E-state index is 10.7. The summed E-state index contributed by atoms with van der Waals surface area (Å²) in [6.45, 7) is 0.672. The minimum Gasteiger partial charge on any atom is -0.493 e. The van der Waals surface area contributed by atoms with Gasteiger partial charge in [0.25, 0.3) is 0 Å². The van der Waals surface area contributed by atoms with E-state index >= 15 is 0 Å². The predicted molar refractivity (Wildman–Crippen MR) is 80.3 cm³/mol. The molecule has 0 bridgehead atoms. The van der Waals surface area contributed by atoms with Crippen LogP contribution in [0.25, 0.3) is 11.0 Å². The molecule has 0 aliphatic carbocycles. The number of primary amides is 1. The minimum absolute atomic E-state index is 0.287. The zero-order valence-corrected chi connectivity index (χ0v) is 12.3. The SMILES string of the molecule is COc1cc2nc(N)n(CCCCC(N)=O)c2cc1OC. The van der Waals surface area contributed by atoms with Crippen molar-refractivity contribution >= 4 is 22.9 Å². The number of hydrogen-bond donors (Lipinski definition) is 2. The third kappa shape index (κ3) is 3.18. The maximum Gasteiger partial charge on any atom is 0.217 e. The van der Waals surface area contributed by atoms with Crippen molar-refractivity contribution in [1.82, 2.24) is 9.55 Å². The first-order chi connectivity index (χ1) is 10.1. The van der Waals surface area contributed by atoms with E-state index in [9.17, 15) is 4.79 Å². The monoisotopic (exact) mass is 292 g/mol. The molecular weight excluding hydrogens is 272 g/mol. The number of ether oxygens (including phenoxy) is 2. The third-order valence-electron chi connectivity index (χ3n) is 3.34. The summed E-state index contributed by atoms with van der Waals surface area (Å²) in [7, 11) is 3.16. The fourth-order valence-electron chi connectivity index (χ4n) is 2.27. The third-order valence-corrected chi connectivity index (χ3v) is 3.34. The normalized spacial score (nSPS) is 10.8. The number of nitrogens with zero attached hydrogens (tertiary/aromatic N) is 2. The van der Waals surface area contributed by atoms with E-state index in [1.54, 1.807) is 20.3 Å². The highest BCUT2D eigenvalue weighted by Gasteiger charge is 2.13. The average molecular weight is 292 g/mol. The summed E-state index contributed by atoms with van der Waals surface area (Å²) in [5.41, 5.74) is 12.7. The number of benzene rings is 1. The molecule has 2 rings (SSSR count). The van der Waals surface area contributed by atoms with Gasteiger partial charge in [-0.2, -0.15) is 0 Å². The van der Waals surface area contributed by atoms with Crippen LogP contribution >= 0.6 is 0 Å². The molecule has 1 aromatic heterocycles. The van der Waals surface area contributed by atoms with Crippen molar-refractivity contribution in [3.05, 3.63) is 12.1 Å². The molecule has 0 radical (unpaired) electrons. The predicted octanol–water partition coefficient (Wildman–Crippen LogP) is 1.29. The second kappa shape index (κ2) is 6.34. The van der Waals surface area contributed by atoms with Gasteiger partial charge in [-0.15, -0.1) is 0 Å². The van der Waals surface area contributed by atoms with Crippen molar-refractivity contribution in [2.75, 3.05) is 20.0 Å². The van der Waals surface area contributed by atoms with Crippen molar-refractivity contribution in [1.29, 1.82) is 0 Å². The summed E-state index contributed by atoms with van der Waals surface area (Å²) >= 11 is 0. The second-order valence-electron chi connectivity index (χ2n) is 4.74. The summed E-state index contributed by atoms with van der Waals surface area (Å²) in [5, 5.41) is 0. The van der Waals surface area contributed by atoms with Crippen molar-refractivity contribution in [2.24, 2.45) is 5.73 Å². The van der Waals surface area contributed by atoms with Crippen LogP contribution in [0, 0.1) is 0 Å². The van der Waals surface area contributed by atoms with Gasteiger partial charge in [0.2, 0.25) is 11.9 Å². The van der Waals surface area contributed by atoms with Gasteiger partial charge in [-0.25, -0.2) is 4.98 Å². The van der Waals surface area contributed by atoms with Gasteiger partial charge in [-0.1, -0.05) is 0 Å². The molecule has 114 valence electrons. The number of nitrogens with two attached hydrogens (primary N) is 2. The number of carbonyl (C=O) groups is 1. The molecule has 4 N–H and O–H groups in total. The molecule has 1 amide bonds. The number of amides is 1. The highest BCUT2D eigenvalue weighted by atomic mass is 16.5. The van der Waals surface area contributed by atoms with E-state index < -0.39 is 0 Å². The first kappa shape index (κ1) is 15.0. The number of carbonyl (C=O) groups excluding carboxylic acids is 1. The van der Waals surface area contributed by atoms with E-state index in [0.29, 0.717) is 30.4 Å². The Labute approximate surface area is 122 Å². The fourth-order valence-corrected chi connectivity index (χ4v) is 2.27. The topological polar surface area (TPSA) is 105 Å². The Morgan fingerprint density at radius 1 is 1.24 bits per heavy atom. The lowest BCUT2D eigenvalue weighted by Crippen LogP contribution is -2.10. The summed E-state index contributed by atoms with van der Waals surface area (Å²) < 4.78 is 12.5. The number of aryl methyl sites for hydroxylation is 1. The van der Waals surface area contributed by atoms with Gasteiger partial charge < -0.3 is 25.5 Å². The van der Waals surface area contributed by atoms with E-state index in [2.05, 4.69) is 4.98 Å². The molecule has 0 atom stereocenters. The van der Waals surface area contributed by atoms with Crippen LogP contribution in [0.2, 0.25) is 0 Å². The summed E-state index contributed by atoms with van der Waals surface area (Å²) in [5.74, 6) is 1.39. The van der Waals surface area contributed by atoms with Gasteiger partial charge in [-0.3, -0.25) is 4.79 Å². The molecule has 0 fully saturated rings. The fraction of sp³-hybridized carbons (Fsp3) is 0.429. The Bertz CT molecular complexity index is 651. The first-order valence-corrected chi connectivity index (χ1v) is 6.73. The van der Waals surface area contributed by atoms with Crippen LogP contribution in [-0.4, -0.2) is 29.7 Å².